The van der Waals surface area contributed by atoms with Gasteiger partial charge in [-0.2, -0.15) is 0 Å². The molecule has 4 heteroatoms. The smallest absolute Gasteiger partial charge is 0.163 e. The number of methoxy groups -OCH3 is 1. The van der Waals surface area contributed by atoms with Crippen molar-refractivity contribution >= 4 is 21.9 Å². The normalized spacial score (nSPS) is 11.0. The maximum Gasteiger partial charge on any atom is 0.163 e. The highest BCUT2D eigenvalue weighted by molar-refractivity contribution is 5.95. The maximum atomic E-state index is 5.54. The van der Waals surface area contributed by atoms with Gasteiger partial charge in [-0.15, -0.1) is 0 Å². The molecule has 2 aromatic carbocycles. The van der Waals surface area contributed by atoms with Crippen molar-refractivity contribution in [1.29, 1.82) is 0 Å². The topological polar surface area (TPSA) is 47.9 Å². The van der Waals surface area contributed by atoms with Gasteiger partial charge in [0.05, 0.1) is 23.7 Å². The molecule has 4 nitrogen and oxygen atoms in total. The lowest BCUT2D eigenvalue weighted by molar-refractivity contribution is 0.419. The van der Waals surface area contributed by atoms with Gasteiger partial charge < -0.3 is 4.74 Å². The fraction of sp³-hybridized carbons (Fsp3) is 0.0417. The number of nitrogens with zero attached hydrogens (tertiary/aromatic N) is 3. The van der Waals surface area contributed by atoms with Crippen molar-refractivity contribution in [3.8, 4) is 28.1 Å². The molecular weight excluding hydrogens is 346 g/mol. The van der Waals surface area contributed by atoms with Crippen LogP contribution in [0.15, 0.2) is 85.2 Å². The van der Waals surface area contributed by atoms with Crippen molar-refractivity contribution in [1.82, 2.24) is 15.0 Å². The van der Waals surface area contributed by atoms with E-state index in [0.717, 1.165) is 44.4 Å². The minimum absolute atomic E-state index is 0.671. The average Bonchev–Trinajstić information content (AvgIpc) is 2.78. The Morgan fingerprint density at radius 3 is 2.50 bits per heavy atom. The summed E-state index contributed by atoms with van der Waals surface area (Å²) in [5, 5.41) is 1.99. The summed E-state index contributed by atoms with van der Waals surface area (Å²) in [6.07, 6.45) is 3.54. The number of rotatable bonds is 3. The molecule has 0 N–H and O–H groups in total. The van der Waals surface area contributed by atoms with Gasteiger partial charge in [-0.1, -0.05) is 42.5 Å². The predicted molar refractivity (Wildman–Crippen MR) is 112 cm³/mol. The van der Waals surface area contributed by atoms with Crippen molar-refractivity contribution in [2.24, 2.45) is 0 Å². The second kappa shape index (κ2) is 6.74. The van der Waals surface area contributed by atoms with Crippen LogP contribution in [0, 0.1) is 0 Å². The second-order valence-corrected chi connectivity index (χ2v) is 6.55. The van der Waals surface area contributed by atoms with Gasteiger partial charge in [0.15, 0.2) is 5.65 Å². The third-order valence-corrected chi connectivity index (χ3v) is 4.87. The van der Waals surface area contributed by atoms with Crippen molar-refractivity contribution in [2.75, 3.05) is 7.11 Å². The lowest BCUT2D eigenvalue weighted by Gasteiger charge is -2.13. The summed E-state index contributed by atoms with van der Waals surface area (Å²) >= 11 is 0. The molecule has 28 heavy (non-hydrogen) atoms. The molecule has 3 heterocycles. The maximum absolute atomic E-state index is 5.54. The average molecular weight is 363 g/mol. The molecule has 0 aliphatic rings. The zero-order valence-corrected chi connectivity index (χ0v) is 15.3. The zero-order chi connectivity index (χ0) is 18.9. The van der Waals surface area contributed by atoms with Crippen molar-refractivity contribution < 1.29 is 4.74 Å². The Kier molecular flexibility index (Phi) is 3.95. The second-order valence-electron chi connectivity index (χ2n) is 6.55. The molecule has 5 rings (SSSR count). The van der Waals surface area contributed by atoms with Gasteiger partial charge in [-0.3, -0.25) is 4.98 Å². The van der Waals surface area contributed by atoms with E-state index in [-0.39, 0.29) is 0 Å². The Hall–Kier alpha value is -3.79. The monoisotopic (exact) mass is 363 g/mol. The first kappa shape index (κ1) is 16.4. The van der Waals surface area contributed by atoms with Crippen LogP contribution in [0.5, 0.6) is 5.75 Å². The molecule has 0 saturated heterocycles. The molecule has 0 spiro atoms. The molecule has 0 atom stereocenters. The highest BCUT2D eigenvalue weighted by atomic mass is 16.5. The first-order chi connectivity index (χ1) is 13.8. The lowest BCUT2D eigenvalue weighted by Crippen LogP contribution is -1.95. The van der Waals surface area contributed by atoms with Crippen LogP contribution in [-0.2, 0) is 0 Å². The van der Waals surface area contributed by atoms with E-state index in [4.69, 9.17) is 9.72 Å². The summed E-state index contributed by atoms with van der Waals surface area (Å²) in [7, 11) is 1.67. The Balaban J connectivity index is 1.83. The largest absolute Gasteiger partial charge is 0.496 e. The van der Waals surface area contributed by atoms with E-state index in [1.54, 1.807) is 13.3 Å². The molecular formula is C24H17N3O. The van der Waals surface area contributed by atoms with E-state index < -0.39 is 0 Å². The molecule has 0 saturated carbocycles. The van der Waals surface area contributed by atoms with Gasteiger partial charge >= 0.3 is 0 Å². The quantitative estimate of drug-likeness (QED) is 0.423. The van der Waals surface area contributed by atoms with Crippen molar-refractivity contribution in [3.63, 3.8) is 0 Å². The number of aromatic nitrogens is 3. The number of ether oxygens (including phenoxy) is 1. The van der Waals surface area contributed by atoms with E-state index >= 15 is 0 Å². The van der Waals surface area contributed by atoms with E-state index in [9.17, 15) is 0 Å². The third kappa shape index (κ3) is 2.76. The Labute approximate surface area is 162 Å². The van der Waals surface area contributed by atoms with Gasteiger partial charge in [-0.25, -0.2) is 9.97 Å². The number of pyridine rings is 3. The Bertz CT molecular complexity index is 1300. The van der Waals surface area contributed by atoms with Gasteiger partial charge in [0.1, 0.15) is 5.75 Å². The fourth-order valence-electron chi connectivity index (χ4n) is 3.51. The van der Waals surface area contributed by atoms with Crippen LogP contribution in [0.25, 0.3) is 44.3 Å². The Morgan fingerprint density at radius 2 is 1.64 bits per heavy atom. The van der Waals surface area contributed by atoms with E-state index in [1.165, 1.54) is 0 Å². The molecule has 0 aliphatic heterocycles. The molecule has 0 unspecified atom stereocenters. The zero-order valence-electron chi connectivity index (χ0n) is 15.3. The molecule has 3 aromatic heterocycles. The number of benzene rings is 2. The molecule has 134 valence electrons. The summed E-state index contributed by atoms with van der Waals surface area (Å²) in [6.45, 7) is 0. The summed E-state index contributed by atoms with van der Waals surface area (Å²) < 4.78 is 5.54. The van der Waals surface area contributed by atoms with Crippen molar-refractivity contribution in [3.05, 3.63) is 85.2 Å². The summed E-state index contributed by atoms with van der Waals surface area (Å²) in [4.78, 5) is 13.8. The summed E-state index contributed by atoms with van der Waals surface area (Å²) in [6, 6.07) is 24.5. The molecule has 0 bridgehead atoms. The van der Waals surface area contributed by atoms with Crippen LogP contribution in [0.2, 0.25) is 0 Å². The van der Waals surface area contributed by atoms with Crippen LogP contribution >= 0.6 is 0 Å². The van der Waals surface area contributed by atoms with Gasteiger partial charge in [0.25, 0.3) is 0 Å². The third-order valence-electron chi connectivity index (χ3n) is 4.87. The van der Waals surface area contributed by atoms with Crippen LogP contribution in [0.1, 0.15) is 0 Å². The highest BCUT2D eigenvalue weighted by Crippen LogP contribution is 2.36. The molecule has 0 radical (unpaired) electrons. The first-order valence-corrected chi connectivity index (χ1v) is 9.08. The van der Waals surface area contributed by atoms with Gasteiger partial charge in [0, 0.05) is 28.9 Å². The molecule has 0 amide bonds. The lowest BCUT2D eigenvalue weighted by atomic mass is 9.97. The van der Waals surface area contributed by atoms with Crippen molar-refractivity contribution in [2.45, 2.75) is 0 Å². The number of hydrogen-bond acceptors (Lipinski definition) is 4. The van der Waals surface area contributed by atoms with E-state index in [0.29, 0.717) is 5.65 Å². The predicted octanol–water partition coefficient (Wildman–Crippen LogP) is 5.52. The Morgan fingerprint density at radius 1 is 0.750 bits per heavy atom. The van der Waals surface area contributed by atoms with Crippen LogP contribution in [0.4, 0.5) is 0 Å². The minimum atomic E-state index is 0.671. The number of fused-ring (bicyclic) bond motifs is 2. The fourth-order valence-corrected chi connectivity index (χ4v) is 3.51. The van der Waals surface area contributed by atoms with Gasteiger partial charge in [-0.05, 0) is 35.9 Å². The van der Waals surface area contributed by atoms with E-state index in [2.05, 4.69) is 46.4 Å². The summed E-state index contributed by atoms with van der Waals surface area (Å²) in [5.74, 6) is 0.765. The highest BCUT2D eigenvalue weighted by Gasteiger charge is 2.14. The molecule has 0 fully saturated rings. The minimum Gasteiger partial charge on any atom is -0.496 e. The molecule has 5 aromatic rings. The van der Waals surface area contributed by atoms with Crippen LogP contribution in [-0.4, -0.2) is 22.1 Å². The summed E-state index contributed by atoms with van der Waals surface area (Å²) in [5.41, 5.74) is 5.72. The molecule has 0 aliphatic carbocycles. The van der Waals surface area contributed by atoms with Crippen LogP contribution < -0.4 is 4.74 Å². The first-order valence-electron chi connectivity index (χ1n) is 9.08. The SMILES string of the molecule is COc1ccnc2nc(-c3ccccc3)c(-c3ccc4ncccc4c3)cc12. The van der Waals surface area contributed by atoms with Crippen LogP contribution in [0.3, 0.4) is 0 Å². The standard InChI is InChI=1S/C24H17N3O/c1-28-22-11-13-26-24-20(22)15-19(23(27-24)16-6-3-2-4-7-16)17-9-10-21-18(14-17)8-5-12-25-21/h2-15H,1H3. The van der Waals surface area contributed by atoms with Gasteiger partial charge in [0.2, 0.25) is 0 Å². The number of hydrogen-bond donors (Lipinski definition) is 0. The van der Waals surface area contributed by atoms with E-state index in [1.807, 2.05) is 42.6 Å².